The Morgan fingerprint density at radius 2 is 2.31 bits per heavy atom. The van der Waals surface area contributed by atoms with Crippen molar-refractivity contribution in [3.8, 4) is 6.07 Å². The number of aryl methyl sites for hydroxylation is 1. The van der Waals surface area contributed by atoms with Crippen LogP contribution < -0.4 is 5.32 Å². The predicted molar refractivity (Wildman–Crippen MR) is 65.3 cm³/mol. The molecule has 0 unspecified atom stereocenters. The van der Waals surface area contributed by atoms with Gasteiger partial charge in [0.25, 0.3) is 0 Å². The number of rotatable bonds is 3. The first-order valence-electron chi connectivity index (χ1n) is 4.92. The molecule has 80 valence electrons. The number of nitriles is 1. The Morgan fingerprint density at radius 3 is 2.88 bits per heavy atom. The molecule has 2 rings (SSSR count). The quantitative estimate of drug-likeness (QED) is 0.880. The molecule has 4 heteroatoms. The van der Waals surface area contributed by atoms with Crippen molar-refractivity contribution in [2.75, 3.05) is 5.32 Å². The van der Waals surface area contributed by atoms with Crippen molar-refractivity contribution in [3.63, 3.8) is 0 Å². The van der Waals surface area contributed by atoms with E-state index in [1.165, 1.54) is 10.4 Å². The van der Waals surface area contributed by atoms with E-state index in [9.17, 15) is 0 Å². The maximum atomic E-state index is 8.64. The van der Waals surface area contributed by atoms with Crippen molar-refractivity contribution in [3.05, 3.63) is 45.8 Å². The summed E-state index contributed by atoms with van der Waals surface area (Å²) in [6, 6.07) is 7.73. The van der Waals surface area contributed by atoms with Crippen molar-refractivity contribution in [1.29, 1.82) is 5.26 Å². The molecule has 0 amide bonds. The number of pyridine rings is 1. The SMILES string of the molecule is Cc1ccsc1CNc1ccc(C#N)cn1. The second-order valence-electron chi connectivity index (χ2n) is 3.42. The summed E-state index contributed by atoms with van der Waals surface area (Å²) in [4.78, 5) is 5.46. The summed E-state index contributed by atoms with van der Waals surface area (Å²) in [7, 11) is 0. The van der Waals surface area contributed by atoms with E-state index in [-0.39, 0.29) is 0 Å². The van der Waals surface area contributed by atoms with E-state index in [4.69, 9.17) is 5.26 Å². The summed E-state index contributed by atoms with van der Waals surface area (Å²) in [6.07, 6.45) is 1.57. The molecule has 2 aromatic rings. The largest absolute Gasteiger partial charge is 0.365 e. The van der Waals surface area contributed by atoms with Crippen LogP contribution in [0.5, 0.6) is 0 Å². The molecule has 0 saturated carbocycles. The molecule has 0 aliphatic heterocycles. The summed E-state index contributed by atoms with van der Waals surface area (Å²) in [5.74, 6) is 0.798. The zero-order chi connectivity index (χ0) is 11.4. The molecule has 0 aromatic carbocycles. The van der Waals surface area contributed by atoms with Gasteiger partial charge in [-0.05, 0) is 36.1 Å². The monoisotopic (exact) mass is 229 g/mol. The van der Waals surface area contributed by atoms with Crippen LogP contribution in [0.2, 0.25) is 0 Å². The molecule has 0 bridgehead atoms. The Kier molecular flexibility index (Phi) is 3.18. The molecular formula is C12H11N3S. The Bertz CT molecular complexity index is 508. The van der Waals surface area contributed by atoms with Crippen molar-refractivity contribution >= 4 is 17.2 Å². The van der Waals surface area contributed by atoms with Gasteiger partial charge in [-0.3, -0.25) is 0 Å². The molecule has 2 heterocycles. The third-order valence-electron chi connectivity index (χ3n) is 2.29. The van der Waals surface area contributed by atoms with Crippen LogP contribution in [0.3, 0.4) is 0 Å². The Morgan fingerprint density at radius 1 is 1.44 bits per heavy atom. The van der Waals surface area contributed by atoms with Gasteiger partial charge < -0.3 is 5.32 Å². The number of nitrogens with zero attached hydrogens (tertiary/aromatic N) is 2. The van der Waals surface area contributed by atoms with Gasteiger partial charge in [0.2, 0.25) is 0 Å². The average Bonchev–Trinajstić information content (AvgIpc) is 2.73. The fourth-order valence-corrected chi connectivity index (χ4v) is 2.17. The first-order valence-corrected chi connectivity index (χ1v) is 5.80. The van der Waals surface area contributed by atoms with Gasteiger partial charge in [0.15, 0.2) is 0 Å². The molecule has 16 heavy (non-hydrogen) atoms. The van der Waals surface area contributed by atoms with Crippen LogP contribution in [0.1, 0.15) is 16.0 Å². The molecule has 0 aliphatic carbocycles. The van der Waals surface area contributed by atoms with Gasteiger partial charge in [0.05, 0.1) is 12.1 Å². The molecule has 0 fully saturated rings. The third-order valence-corrected chi connectivity index (χ3v) is 3.31. The normalized spacial score (nSPS) is 9.75. The van der Waals surface area contributed by atoms with Gasteiger partial charge in [0.1, 0.15) is 11.9 Å². The van der Waals surface area contributed by atoms with E-state index in [0.29, 0.717) is 5.56 Å². The maximum absolute atomic E-state index is 8.64. The van der Waals surface area contributed by atoms with Crippen LogP contribution in [0, 0.1) is 18.3 Å². The van der Waals surface area contributed by atoms with Crippen LogP contribution in [0.25, 0.3) is 0 Å². The fraction of sp³-hybridized carbons (Fsp3) is 0.167. The Balaban J connectivity index is 2.00. The fourth-order valence-electron chi connectivity index (χ4n) is 1.32. The highest BCUT2D eigenvalue weighted by molar-refractivity contribution is 7.10. The highest BCUT2D eigenvalue weighted by Crippen LogP contribution is 2.16. The molecule has 3 nitrogen and oxygen atoms in total. The van der Waals surface area contributed by atoms with Gasteiger partial charge in [-0.25, -0.2) is 4.98 Å². The lowest BCUT2D eigenvalue weighted by molar-refractivity contribution is 1.12. The van der Waals surface area contributed by atoms with Gasteiger partial charge in [-0.15, -0.1) is 11.3 Å². The van der Waals surface area contributed by atoms with Crippen LogP contribution in [0.15, 0.2) is 29.8 Å². The predicted octanol–water partition coefficient (Wildman–Crippen LogP) is 2.94. The highest BCUT2D eigenvalue weighted by atomic mass is 32.1. The topological polar surface area (TPSA) is 48.7 Å². The Hall–Kier alpha value is -1.86. The second-order valence-corrected chi connectivity index (χ2v) is 4.42. The summed E-state index contributed by atoms with van der Waals surface area (Å²) < 4.78 is 0. The van der Waals surface area contributed by atoms with Crippen LogP contribution >= 0.6 is 11.3 Å². The smallest absolute Gasteiger partial charge is 0.126 e. The van der Waals surface area contributed by atoms with E-state index in [2.05, 4.69) is 28.7 Å². The minimum Gasteiger partial charge on any atom is -0.365 e. The second kappa shape index (κ2) is 4.77. The minimum atomic E-state index is 0.581. The van der Waals surface area contributed by atoms with Gasteiger partial charge in [0, 0.05) is 11.1 Å². The molecule has 0 aliphatic rings. The number of aromatic nitrogens is 1. The van der Waals surface area contributed by atoms with Gasteiger partial charge >= 0.3 is 0 Å². The molecule has 0 spiro atoms. The first kappa shape index (κ1) is 10.7. The number of anilines is 1. The number of hydrogen-bond donors (Lipinski definition) is 1. The van der Waals surface area contributed by atoms with E-state index < -0.39 is 0 Å². The van der Waals surface area contributed by atoms with E-state index in [0.717, 1.165) is 12.4 Å². The molecular weight excluding hydrogens is 218 g/mol. The highest BCUT2D eigenvalue weighted by Gasteiger charge is 2.00. The lowest BCUT2D eigenvalue weighted by atomic mass is 10.3. The number of thiophene rings is 1. The van der Waals surface area contributed by atoms with Crippen LogP contribution in [-0.2, 0) is 6.54 Å². The zero-order valence-corrected chi connectivity index (χ0v) is 9.71. The standard InChI is InChI=1S/C12H11N3S/c1-9-4-5-16-11(9)8-15-12-3-2-10(6-13)7-14-12/h2-5,7H,8H2,1H3,(H,14,15). The minimum absolute atomic E-state index is 0.581. The number of nitrogens with one attached hydrogen (secondary N) is 1. The van der Waals surface area contributed by atoms with E-state index >= 15 is 0 Å². The van der Waals surface area contributed by atoms with E-state index in [1.807, 2.05) is 12.1 Å². The molecule has 2 aromatic heterocycles. The van der Waals surface area contributed by atoms with E-state index in [1.54, 1.807) is 23.6 Å². The van der Waals surface area contributed by atoms with Gasteiger partial charge in [-0.2, -0.15) is 5.26 Å². The maximum Gasteiger partial charge on any atom is 0.126 e. The van der Waals surface area contributed by atoms with Crippen molar-refractivity contribution in [2.45, 2.75) is 13.5 Å². The summed E-state index contributed by atoms with van der Waals surface area (Å²) in [5.41, 5.74) is 1.88. The van der Waals surface area contributed by atoms with Gasteiger partial charge in [-0.1, -0.05) is 0 Å². The number of hydrogen-bond acceptors (Lipinski definition) is 4. The summed E-state index contributed by atoms with van der Waals surface area (Å²) in [5, 5.41) is 13.9. The molecule has 0 radical (unpaired) electrons. The first-order chi connectivity index (χ1) is 7.79. The molecule has 1 N–H and O–H groups in total. The van der Waals surface area contributed by atoms with Crippen LogP contribution in [0.4, 0.5) is 5.82 Å². The van der Waals surface area contributed by atoms with Crippen LogP contribution in [-0.4, -0.2) is 4.98 Å². The van der Waals surface area contributed by atoms with Crippen molar-refractivity contribution < 1.29 is 0 Å². The molecule has 0 saturated heterocycles. The lowest BCUT2D eigenvalue weighted by Gasteiger charge is -2.04. The summed E-state index contributed by atoms with van der Waals surface area (Å²) >= 11 is 1.73. The lowest BCUT2D eigenvalue weighted by Crippen LogP contribution is -2.00. The summed E-state index contributed by atoms with van der Waals surface area (Å²) in [6.45, 7) is 2.88. The third kappa shape index (κ3) is 2.38. The Labute approximate surface area is 98.4 Å². The van der Waals surface area contributed by atoms with Crippen molar-refractivity contribution in [2.24, 2.45) is 0 Å². The van der Waals surface area contributed by atoms with Crippen molar-refractivity contribution in [1.82, 2.24) is 4.98 Å². The average molecular weight is 229 g/mol. The molecule has 0 atom stereocenters. The zero-order valence-electron chi connectivity index (χ0n) is 8.90.